The van der Waals surface area contributed by atoms with E-state index >= 15 is 0 Å². The molecule has 1 aliphatic carbocycles. The maximum atomic E-state index is 11.4. The third-order valence-electron chi connectivity index (χ3n) is 2.28. The van der Waals surface area contributed by atoms with Gasteiger partial charge in [-0.2, -0.15) is 0 Å². The summed E-state index contributed by atoms with van der Waals surface area (Å²) in [6.45, 7) is 0. The van der Waals surface area contributed by atoms with Gasteiger partial charge in [0.05, 0.1) is 5.92 Å². The van der Waals surface area contributed by atoms with Crippen molar-refractivity contribution >= 4 is 11.7 Å². The van der Waals surface area contributed by atoms with E-state index in [1.807, 2.05) is 18.2 Å². The van der Waals surface area contributed by atoms with Crippen LogP contribution in [-0.4, -0.2) is 18.8 Å². The zero-order valence-electron chi connectivity index (χ0n) is 7.37. The average Bonchev–Trinajstić information content (AvgIpc) is 2.19. The maximum Gasteiger partial charge on any atom is 0.246 e. The minimum atomic E-state index is -0.0649. The van der Waals surface area contributed by atoms with Gasteiger partial charge in [0.15, 0.2) is 0 Å². The lowest BCUT2D eigenvalue weighted by atomic mass is 9.89. The number of hydrazine groups is 1. The van der Waals surface area contributed by atoms with Crippen molar-refractivity contribution < 1.29 is 4.79 Å². The van der Waals surface area contributed by atoms with Crippen molar-refractivity contribution in [2.45, 2.75) is 6.42 Å². The Balaban J connectivity index is 2.37. The second-order valence-electron chi connectivity index (χ2n) is 3.02. The summed E-state index contributed by atoms with van der Waals surface area (Å²) in [4.78, 5) is 15.4. The van der Waals surface area contributed by atoms with E-state index in [0.29, 0.717) is 0 Å². The van der Waals surface area contributed by atoms with Gasteiger partial charge in [-0.3, -0.25) is 20.6 Å². The monoisotopic (exact) mass is 177 g/mol. The molecule has 1 heterocycles. The van der Waals surface area contributed by atoms with E-state index in [2.05, 4.69) is 15.8 Å². The lowest BCUT2D eigenvalue weighted by Gasteiger charge is -2.28. The van der Waals surface area contributed by atoms with E-state index in [1.54, 1.807) is 7.05 Å². The maximum absolute atomic E-state index is 11.4. The summed E-state index contributed by atoms with van der Waals surface area (Å²) in [6.07, 6.45) is 6.64. The van der Waals surface area contributed by atoms with Crippen molar-refractivity contribution in [3.05, 3.63) is 23.8 Å². The molecule has 1 aliphatic heterocycles. The molecular weight excluding hydrogens is 166 g/mol. The van der Waals surface area contributed by atoms with Crippen molar-refractivity contribution in [1.82, 2.24) is 10.9 Å². The van der Waals surface area contributed by atoms with Crippen LogP contribution in [-0.2, 0) is 4.79 Å². The number of hydrogen-bond donors (Lipinski definition) is 2. The van der Waals surface area contributed by atoms with Gasteiger partial charge in [-0.25, -0.2) is 0 Å². The predicted octanol–water partition coefficient (Wildman–Crippen LogP) is 0.152. The van der Waals surface area contributed by atoms with Crippen LogP contribution in [0.3, 0.4) is 0 Å². The fraction of sp³-hybridized carbons (Fsp3) is 0.333. The van der Waals surface area contributed by atoms with Gasteiger partial charge in [-0.05, 0) is 6.42 Å². The highest BCUT2D eigenvalue weighted by atomic mass is 16.2. The molecule has 0 saturated carbocycles. The van der Waals surface area contributed by atoms with Crippen LogP contribution in [0, 0.1) is 5.92 Å². The minimum absolute atomic E-state index is 0.0167. The second kappa shape index (κ2) is 3.05. The molecule has 2 N–H and O–H groups in total. The number of carbonyl (C=O) groups is 1. The summed E-state index contributed by atoms with van der Waals surface area (Å²) in [5, 5.41) is 0. The number of rotatable bonds is 0. The molecule has 1 fully saturated rings. The lowest BCUT2D eigenvalue weighted by molar-refractivity contribution is -0.124. The van der Waals surface area contributed by atoms with Gasteiger partial charge >= 0.3 is 0 Å². The van der Waals surface area contributed by atoms with Crippen molar-refractivity contribution in [2.24, 2.45) is 10.9 Å². The summed E-state index contributed by atoms with van der Waals surface area (Å²) < 4.78 is 0. The number of amidine groups is 1. The molecule has 1 saturated heterocycles. The van der Waals surface area contributed by atoms with E-state index in [-0.39, 0.29) is 11.8 Å². The molecule has 13 heavy (non-hydrogen) atoms. The van der Waals surface area contributed by atoms with E-state index in [4.69, 9.17) is 0 Å². The summed E-state index contributed by atoms with van der Waals surface area (Å²) in [7, 11) is 1.70. The van der Waals surface area contributed by atoms with Gasteiger partial charge in [0.2, 0.25) is 5.91 Å². The van der Waals surface area contributed by atoms with E-state index in [0.717, 1.165) is 17.8 Å². The van der Waals surface area contributed by atoms with Crippen molar-refractivity contribution in [1.29, 1.82) is 0 Å². The normalized spacial score (nSPS) is 29.0. The van der Waals surface area contributed by atoms with E-state index < -0.39 is 0 Å². The van der Waals surface area contributed by atoms with Gasteiger partial charge in [0.1, 0.15) is 5.84 Å². The Hall–Kier alpha value is -1.58. The molecule has 2 rings (SSSR count). The zero-order valence-corrected chi connectivity index (χ0v) is 7.37. The lowest BCUT2D eigenvalue weighted by Crippen LogP contribution is -2.52. The first-order valence-electron chi connectivity index (χ1n) is 4.22. The molecule has 1 amide bonds. The number of amides is 1. The smallest absolute Gasteiger partial charge is 0.246 e. The molecule has 0 bridgehead atoms. The topological polar surface area (TPSA) is 53.5 Å². The molecule has 0 aromatic rings. The third-order valence-corrected chi connectivity index (χ3v) is 2.28. The number of nitrogens with zero attached hydrogens (tertiary/aromatic N) is 1. The number of carbonyl (C=O) groups excluding carboxylic acids is 1. The Labute approximate surface area is 76.4 Å². The van der Waals surface area contributed by atoms with Crippen LogP contribution in [0.2, 0.25) is 0 Å². The first-order valence-corrected chi connectivity index (χ1v) is 4.22. The number of nitrogens with one attached hydrogen (secondary N) is 2. The fourth-order valence-electron chi connectivity index (χ4n) is 1.59. The highest BCUT2D eigenvalue weighted by molar-refractivity contribution is 6.07. The molecule has 1 atom stereocenters. The van der Waals surface area contributed by atoms with Crippen LogP contribution < -0.4 is 10.9 Å². The van der Waals surface area contributed by atoms with Gasteiger partial charge in [0.25, 0.3) is 0 Å². The molecule has 1 unspecified atom stereocenters. The average molecular weight is 177 g/mol. The molecule has 0 aromatic heterocycles. The number of hydrogen-bond acceptors (Lipinski definition) is 2. The number of fused-ring (bicyclic) bond motifs is 1. The molecule has 0 radical (unpaired) electrons. The standard InChI is InChI=1S/C9H11N3O/c1-10-8-6-4-2-3-5-7(6)9(13)12-11-8/h2-4,7H,5H2,1H3,(H,10,11)(H,12,13). The van der Waals surface area contributed by atoms with Crippen LogP contribution >= 0.6 is 0 Å². The van der Waals surface area contributed by atoms with Crippen LogP contribution in [0.25, 0.3) is 0 Å². The molecule has 68 valence electrons. The summed E-state index contributed by atoms with van der Waals surface area (Å²) >= 11 is 0. The number of allylic oxidation sites excluding steroid dienone is 3. The van der Waals surface area contributed by atoms with E-state index in [9.17, 15) is 4.79 Å². The zero-order chi connectivity index (χ0) is 9.26. The third kappa shape index (κ3) is 1.24. The molecule has 4 heteroatoms. The molecule has 4 nitrogen and oxygen atoms in total. The predicted molar refractivity (Wildman–Crippen MR) is 50.0 cm³/mol. The highest BCUT2D eigenvalue weighted by Crippen LogP contribution is 2.23. The summed E-state index contributed by atoms with van der Waals surface area (Å²) in [5.41, 5.74) is 6.33. The van der Waals surface area contributed by atoms with Gasteiger partial charge in [-0.1, -0.05) is 18.2 Å². The fourth-order valence-corrected chi connectivity index (χ4v) is 1.59. The summed E-state index contributed by atoms with van der Waals surface area (Å²) in [5.74, 6) is 0.710. The quantitative estimate of drug-likeness (QED) is 0.553. The second-order valence-corrected chi connectivity index (χ2v) is 3.02. The Morgan fingerprint density at radius 1 is 1.54 bits per heavy atom. The van der Waals surface area contributed by atoms with Crippen LogP contribution in [0.1, 0.15) is 6.42 Å². The Bertz CT molecular complexity index is 328. The first-order chi connectivity index (χ1) is 6.33. The number of aliphatic imine (C=N–C) groups is 1. The molecule has 2 aliphatic rings. The molecule has 0 spiro atoms. The largest absolute Gasteiger partial charge is 0.282 e. The Morgan fingerprint density at radius 2 is 2.38 bits per heavy atom. The van der Waals surface area contributed by atoms with E-state index in [1.165, 1.54) is 0 Å². The minimum Gasteiger partial charge on any atom is -0.282 e. The first kappa shape index (κ1) is 8.04. The highest BCUT2D eigenvalue weighted by Gasteiger charge is 2.30. The van der Waals surface area contributed by atoms with Crippen molar-refractivity contribution in [2.75, 3.05) is 7.05 Å². The molecular formula is C9H11N3O. The van der Waals surface area contributed by atoms with Gasteiger partial charge in [-0.15, -0.1) is 0 Å². The van der Waals surface area contributed by atoms with Crippen molar-refractivity contribution in [3.8, 4) is 0 Å². The Kier molecular flexibility index (Phi) is 1.88. The van der Waals surface area contributed by atoms with Crippen molar-refractivity contribution in [3.63, 3.8) is 0 Å². The van der Waals surface area contributed by atoms with Crippen LogP contribution in [0.4, 0.5) is 0 Å². The van der Waals surface area contributed by atoms with Gasteiger partial charge in [0, 0.05) is 12.6 Å². The van der Waals surface area contributed by atoms with Gasteiger partial charge < -0.3 is 0 Å². The van der Waals surface area contributed by atoms with Crippen LogP contribution in [0.5, 0.6) is 0 Å². The molecule has 0 aromatic carbocycles. The van der Waals surface area contributed by atoms with Crippen LogP contribution in [0.15, 0.2) is 28.8 Å². The SMILES string of the molecule is CN=C1NNC(=O)C2CC=CC=C12. The Morgan fingerprint density at radius 3 is 3.15 bits per heavy atom. The summed E-state index contributed by atoms with van der Waals surface area (Å²) in [6, 6.07) is 0.